The average molecular weight is 363 g/mol. The summed E-state index contributed by atoms with van der Waals surface area (Å²) in [5.74, 6) is -0.677. The van der Waals surface area contributed by atoms with Crippen LogP contribution in [0.4, 0.5) is 18.0 Å². The normalized spacial score (nSPS) is 20.0. The van der Waals surface area contributed by atoms with Crippen LogP contribution in [0.3, 0.4) is 0 Å². The number of carbonyl (C=O) groups excluding carboxylic acids is 2. The third-order valence-corrected chi connectivity index (χ3v) is 5.10. The number of urea groups is 1. The number of rotatable bonds is 4. The van der Waals surface area contributed by atoms with Crippen molar-refractivity contribution in [2.45, 2.75) is 38.0 Å². The number of nitrogens with one attached hydrogen (secondary N) is 1. The van der Waals surface area contributed by atoms with E-state index in [1.54, 1.807) is 7.05 Å². The van der Waals surface area contributed by atoms with Crippen LogP contribution in [0.15, 0.2) is 17.5 Å². The predicted molar refractivity (Wildman–Crippen MR) is 84.7 cm³/mol. The predicted octanol–water partition coefficient (Wildman–Crippen LogP) is 3.00. The van der Waals surface area contributed by atoms with Gasteiger partial charge in [-0.15, -0.1) is 11.3 Å². The van der Waals surface area contributed by atoms with Gasteiger partial charge in [0.25, 0.3) is 0 Å². The van der Waals surface area contributed by atoms with E-state index < -0.39 is 30.7 Å². The van der Waals surface area contributed by atoms with Gasteiger partial charge >= 0.3 is 12.2 Å². The van der Waals surface area contributed by atoms with Crippen LogP contribution in [0.1, 0.15) is 30.7 Å². The number of amides is 3. The Kier molecular flexibility index (Phi) is 5.74. The van der Waals surface area contributed by atoms with E-state index in [0.717, 1.165) is 9.78 Å². The number of nitrogens with zero attached hydrogens (tertiary/aromatic N) is 2. The standard InChI is InChI=1S/C15H20F3N3O2S/c1-10(12-6-4-8-24-12)20(2)14(23)19-11-5-3-7-21(13(11)22)9-15(16,17)18/h4,6,8,10-11H,3,5,7,9H2,1-2H3,(H,19,23). The van der Waals surface area contributed by atoms with Crippen molar-refractivity contribution in [1.29, 1.82) is 0 Å². The fourth-order valence-electron chi connectivity index (χ4n) is 2.59. The van der Waals surface area contributed by atoms with E-state index in [-0.39, 0.29) is 12.6 Å². The summed E-state index contributed by atoms with van der Waals surface area (Å²) in [6, 6.07) is 2.21. The van der Waals surface area contributed by atoms with Crippen molar-refractivity contribution in [3.63, 3.8) is 0 Å². The van der Waals surface area contributed by atoms with Gasteiger partial charge in [-0.05, 0) is 31.2 Å². The van der Waals surface area contributed by atoms with E-state index >= 15 is 0 Å². The fraction of sp³-hybridized carbons (Fsp3) is 0.600. The Morgan fingerprint density at radius 1 is 1.54 bits per heavy atom. The SMILES string of the molecule is CC(c1cccs1)N(C)C(=O)NC1CCCN(CC(F)(F)F)C1=O. The van der Waals surface area contributed by atoms with Gasteiger partial charge in [0.2, 0.25) is 5.91 Å². The highest BCUT2D eigenvalue weighted by Crippen LogP contribution is 2.24. The first kappa shape index (κ1) is 18.6. The third-order valence-electron chi connectivity index (χ3n) is 4.05. The molecule has 1 aromatic heterocycles. The van der Waals surface area contributed by atoms with E-state index in [1.165, 1.54) is 16.2 Å². The summed E-state index contributed by atoms with van der Waals surface area (Å²) in [6.07, 6.45) is -3.66. The molecule has 0 aliphatic carbocycles. The topological polar surface area (TPSA) is 52.7 Å². The van der Waals surface area contributed by atoms with Gasteiger partial charge in [0.05, 0.1) is 6.04 Å². The molecule has 1 fully saturated rings. The van der Waals surface area contributed by atoms with Crippen LogP contribution in [-0.2, 0) is 4.79 Å². The number of hydrogen-bond acceptors (Lipinski definition) is 3. The highest BCUT2D eigenvalue weighted by Gasteiger charge is 2.38. The molecule has 1 aliphatic heterocycles. The molecular formula is C15H20F3N3O2S. The zero-order valence-electron chi connectivity index (χ0n) is 13.5. The Morgan fingerprint density at radius 2 is 2.25 bits per heavy atom. The van der Waals surface area contributed by atoms with Crippen LogP contribution < -0.4 is 5.32 Å². The monoisotopic (exact) mass is 363 g/mol. The summed E-state index contributed by atoms with van der Waals surface area (Å²) in [7, 11) is 1.60. The van der Waals surface area contributed by atoms with Gasteiger partial charge in [0.1, 0.15) is 12.6 Å². The second kappa shape index (κ2) is 7.42. The number of likely N-dealkylation sites (tertiary alicyclic amines) is 1. The van der Waals surface area contributed by atoms with Crippen molar-refractivity contribution in [3.05, 3.63) is 22.4 Å². The molecule has 134 valence electrons. The first-order valence-electron chi connectivity index (χ1n) is 7.61. The van der Waals surface area contributed by atoms with Gasteiger partial charge in [-0.25, -0.2) is 4.79 Å². The second-order valence-corrected chi connectivity index (χ2v) is 6.80. The molecule has 0 radical (unpaired) electrons. The molecule has 24 heavy (non-hydrogen) atoms. The van der Waals surface area contributed by atoms with Crippen LogP contribution in [0.5, 0.6) is 0 Å². The van der Waals surface area contributed by atoms with Crippen LogP contribution >= 0.6 is 11.3 Å². The molecule has 2 rings (SSSR count). The molecule has 1 saturated heterocycles. The lowest BCUT2D eigenvalue weighted by Gasteiger charge is -2.34. The lowest BCUT2D eigenvalue weighted by atomic mass is 10.0. The van der Waals surface area contributed by atoms with Crippen molar-refractivity contribution >= 4 is 23.3 Å². The molecule has 0 saturated carbocycles. The summed E-state index contributed by atoms with van der Waals surface area (Å²) in [5.41, 5.74) is 0. The van der Waals surface area contributed by atoms with Crippen molar-refractivity contribution in [2.24, 2.45) is 0 Å². The third kappa shape index (κ3) is 4.62. The summed E-state index contributed by atoms with van der Waals surface area (Å²) in [6.45, 7) is 0.635. The Hall–Kier alpha value is -1.77. The molecule has 5 nitrogen and oxygen atoms in total. The zero-order chi connectivity index (χ0) is 17.9. The molecule has 3 amide bonds. The summed E-state index contributed by atoms with van der Waals surface area (Å²) >= 11 is 1.51. The maximum Gasteiger partial charge on any atom is 0.406 e. The molecule has 9 heteroatoms. The maximum absolute atomic E-state index is 12.5. The van der Waals surface area contributed by atoms with E-state index in [4.69, 9.17) is 0 Å². The number of halogens is 3. The summed E-state index contributed by atoms with van der Waals surface area (Å²) in [5, 5.41) is 4.46. The summed E-state index contributed by atoms with van der Waals surface area (Å²) in [4.78, 5) is 27.7. The number of piperidine rings is 1. The highest BCUT2D eigenvalue weighted by molar-refractivity contribution is 7.10. The smallest absolute Gasteiger partial charge is 0.332 e. The Labute approximate surface area is 142 Å². The van der Waals surface area contributed by atoms with Crippen molar-refractivity contribution in [3.8, 4) is 0 Å². The first-order valence-corrected chi connectivity index (χ1v) is 8.49. The molecule has 0 aromatic carbocycles. The van der Waals surface area contributed by atoms with Crippen molar-refractivity contribution in [1.82, 2.24) is 15.1 Å². The summed E-state index contributed by atoms with van der Waals surface area (Å²) < 4.78 is 37.5. The van der Waals surface area contributed by atoms with Gasteiger partial charge in [-0.2, -0.15) is 13.2 Å². The number of carbonyl (C=O) groups is 2. The van der Waals surface area contributed by atoms with E-state index in [2.05, 4.69) is 5.32 Å². The molecule has 1 aromatic rings. The van der Waals surface area contributed by atoms with Crippen LogP contribution in [0.2, 0.25) is 0 Å². The molecule has 1 aliphatic rings. The minimum atomic E-state index is -4.44. The number of thiophene rings is 1. The van der Waals surface area contributed by atoms with Gasteiger partial charge in [-0.3, -0.25) is 4.79 Å². The largest absolute Gasteiger partial charge is 0.406 e. The quantitative estimate of drug-likeness (QED) is 0.894. The van der Waals surface area contributed by atoms with E-state index in [0.29, 0.717) is 12.8 Å². The molecule has 0 bridgehead atoms. The van der Waals surface area contributed by atoms with Crippen LogP contribution in [-0.4, -0.2) is 54.1 Å². The molecular weight excluding hydrogens is 343 g/mol. The number of hydrogen-bond donors (Lipinski definition) is 1. The Bertz CT molecular complexity index is 577. The molecule has 2 heterocycles. The van der Waals surface area contributed by atoms with Gasteiger partial charge in [-0.1, -0.05) is 6.07 Å². The van der Waals surface area contributed by atoms with Crippen LogP contribution in [0, 0.1) is 0 Å². The minimum absolute atomic E-state index is 0.0617. The van der Waals surface area contributed by atoms with E-state index in [1.807, 2.05) is 24.4 Å². The molecule has 0 spiro atoms. The van der Waals surface area contributed by atoms with Gasteiger partial charge < -0.3 is 15.1 Å². The van der Waals surface area contributed by atoms with E-state index in [9.17, 15) is 22.8 Å². The zero-order valence-corrected chi connectivity index (χ0v) is 14.3. The highest BCUT2D eigenvalue weighted by atomic mass is 32.1. The van der Waals surface area contributed by atoms with Crippen molar-refractivity contribution in [2.75, 3.05) is 20.1 Å². The number of alkyl halides is 3. The minimum Gasteiger partial charge on any atom is -0.332 e. The fourth-order valence-corrected chi connectivity index (χ4v) is 3.42. The maximum atomic E-state index is 12.5. The molecule has 1 N–H and O–H groups in total. The lowest BCUT2D eigenvalue weighted by molar-refractivity contribution is -0.164. The van der Waals surface area contributed by atoms with Gasteiger partial charge in [0, 0.05) is 18.5 Å². The Morgan fingerprint density at radius 3 is 2.83 bits per heavy atom. The first-order chi connectivity index (χ1) is 11.2. The molecule has 2 unspecified atom stereocenters. The average Bonchev–Trinajstić information content (AvgIpc) is 3.02. The Balaban J connectivity index is 1.96. The van der Waals surface area contributed by atoms with Crippen molar-refractivity contribution < 1.29 is 22.8 Å². The second-order valence-electron chi connectivity index (χ2n) is 5.82. The lowest BCUT2D eigenvalue weighted by Crippen LogP contribution is -2.56. The van der Waals surface area contributed by atoms with Crippen LogP contribution in [0.25, 0.3) is 0 Å². The van der Waals surface area contributed by atoms with Gasteiger partial charge in [0.15, 0.2) is 0 Å². The molecule has 2 atom stereocenters.